The van der Waals surface area contributed by atoms with Crippen LogP contribution in [0, 0.1) is 0 Å². The highest BCUT2D eigenvalue weighted by Gasteiger charge is 1.96. The van der Waals surface area contributed by atoms with Crippen LogP contribution in [0.5, 0.6) is 0 Å². The molecular formula is C10H19N. The molecule has 0 aromatic carbocycles. The molecule has 0 heterocycles. The van der Waals surface area contributed by atoms with Crippen molar-refractivity contribution in [3.63, 3.8) is 0 Å². The second kappa shape index (κ2) is 6.02. The van der Waals surface area contributed by atoms with Gasteiger partial charge >= 0.3 is 0 Å². The molecule has 1 heteroatoms. The van der Waals surface area contributed by atoms with Gasteiger partial charge in [0.05, 0.1) is 0 Å². The SMILES string of the molecule is C=C(CC)N(/C=C\CC)CC. The Balaban J connectivity index is 3.94. The molecule has 0 bridgehead atoms. The molecule has 0 aromatic heterocycles. The summed E-state index contributed by atoms with van der Waals surface area (Å²) in [4.78, 5) is 2.18. The van der Waals surface area contributed by atoms with E-state index in [2.05, 4.69) is 44.5 Å². The standard InChI is InChI=1S/C10H19N/c1-5-8-9-11(7-3)10(4)6-2/h8-9H,4-7H2,1-3H3/b9-8-. The molecule has 0 radical (unpaired) electrons. The van der Waals surface area contributed by atoms with Crippen molar-refractivity contribution in [2.45, 2.75) is 33.6 Å². The Bertz CT molecular complexity index is 136. The maximum absolute atomic E-state index is 3.97. The summed E-state index contributed by atoms with van der Waals surface area (Å²) < 4.78 is 0. The Morgan fingerprint density at radius 3 is 2.36 bits per heavy atom. The summed E-state index contributed by atoms with van der Waals surface area (Å²) in [7, 11) is 0. The van der Waals surface area contributed by atoms with Gasteiger partial charge in [0.15, 0.2) is 0 Å². The van der Waals surface area contributed by atoms with Crippen LogP contribution in [-0.4, -0.2) is 11.4 Å². The average Bonchev–Trinajstić information content (AvgIpc) is 2.05. The normalized spacial score (nSPS) is 10.5. The quantitative estimate of drug-likeness (QED) is 0.586. The minimum absolute atomic E-state index is 1.02. The van der Waals surface area contributed by atoms with Gasteiger partial charge in [0.1, 0.15) is 0 Å². The van der Waals surface area contributed by atoms with Gasteiger partial charge in [-0.1, -0.05) is 26.5 Å². The molecule has 1 nitrogen and oxygen atoms in total. The van der Waals surface area contributed by atoms with E-state index in [0.717, 1.165) is 19.4 Å². The van der Waals surface area contributed by atoms with Gasteiger partial charge in [0, 0.05) is 12.2 Å². The number of hydrogen-bond donors (Lipinski definition) is 0. The van der Waals surface area contributed by atoms with Gasteiger partial charge in [-0.05, 0) is 26.0 Å². The summed E-state index contributed by atoms with van der Waals surface area (Å²) in [5, 5.41) is 0. The topological polar surface area (TPSA) is 3.24 Å². The van der Waals surface area contributed by atoms with Gasteiger partial charge in [-0.2, -0.15) is 0 Å². The number of allylic oxidation sites excluding steroid dienone is 2. The first kappa shape index (κ1) is 10.3. The molecule has 0 atom stereocenters. The Labute approximate surface area is 70.4 Å². The molecule has 0 aliphatic rings. The molecule has 0 fully saturated rings. The predicted octanol–water partition coefficient (Wildman–Crippen LogP) is 3.16. The molecule has 0 saturated heterocycles. The molecular weight excluding hydrogens is 134 g/mol. The molecule has 0 spiro atoms. The third kappa shape index (κ3) is 3.87. The van der Waals surface area contributed by atoms with Crippen molar-refractivity contribution in [1.29, 1.82) is 0 Å². The van der Waals surface area contributed by atoms with Crippen molar-refractivity contribution < 1.29 is 0 Å². The molecule has 0 aliphatic carbocycles. The van der Waals surface area contributed by atoms with E-state index in [0.29, 0.717) is 0 Å². The fourth-order valence-electron chi connectivity index (χ4n) is 0.870. The van der Waals surface area contributed by atoms with E-state index in [4.69, 9.17) is 0 Å². The minimum Gasteiger partial charge on any atom is -0.353 e. The van der Waals surface area contributed by atoms with E-state index in [-0.39, 0.29) is 0 Å². The van der Waals surface area contributed by atoms with E-state index in [1.54, 1.807) is 0 Å². The van der Waals surface area contributed by atoms with Gasteiger partial charge in [0.25, 0.3) is 0 Å². The molecule has 0 N–H and O–H groups in total. The third-order valence-corrected chi connectivity index (χ3v) is 1.68. The minimum atomic E-state index is 1.02. The van der Waals surface area contributed by atoms with Crippen LogP contribution in [0.4, 0.5) is 0 Å². The van der Waals surface area contributed by atoms with Crippen molar-refractivity contribution in [3.8, 4) is 0 Å². The molecule has 0 saturated carbocycles. The maximum Gasteiger partial charge on any atom is 0.0193 e. The number of rotatable bonds is 5. The first-order chi connectivity index (χ1) is 5.26. The smallest absolute Gasteiger partial charge is 0.0193 e. The predicted molar refractivity (Wildman–Crippen MR) is 51.2 cm³/mol. The lowest BCUT2D eigenvalue weighted by Crippen LogP contribution is -2.14. The van der Waals surface area contributed by atoms with Crippen molar-refractivity contribution in [2.24, 2.45) is 0 Å². The highest BCUT2D eigenvalue weighted by molar-refractivity contribution is 4.99. The summed E-state index contributed by atoms with van der Waals surface area (Å²) in [6.07, 6.45) is 6.39. The lowest BCUT2D eigenvalue weighted by Gasteiger charge is -2.19. The molecule has 0 aliphatic heterocycles. The Morgan fingerprint density at radius 2 is 2.00 bits per heavy atom. The van der Waals surface area contributed by atoms with Crippen LogP contribution in [-0.2, 0) is 0 Å². The second-order valence-corrected chi connectivity index (χ2v) is 2.50. The van der Waals surface area contributed by atoms with E-state index < -0.39 is 0 Å². The fraction of sp³-hybridized carbons (Fsp3) is 0.600. The lowest BCUT2D eigenvalue weighted by molar-refractivity contribution is 0.476. The summed E-state index contributed by atoms with van der Waals surface area (Å²) in [5.74, 6) is 0. The van der Waals surface area contributed by atoms with E-state index in [9.17, 15) is 0 Å². The molecule has 0 rings (SSSR count). The Kier molecular flexibility index (Phi) is 5.63. The van der Waals surface area contributed by atoms with Crippen LogP contribution in [0.15, 0.2) is 24.6 Å². The zero-order valence-corrected chi connectivity index (χ0v) is 7.93. The van der Waals surface area contributed by atoms with Gasteiger partial charge < -0.3 is 4.90 Å². The largest absolute Gasteiger partial charge is 0.353 e. The Morgan fingerprint density at radius 1 is 1.36 bits per heavy atom. The molecule has 0 aromatic rings. The van der Waals surface area contributed by atoms with E-state index in [1.165, 1.54) is 5.70 Å². The fourth-order valence-corrected chi connectivity index (χ4v) is 0.870. The average molecular weight is 153 g/mol. The zero-order valence-electron chi connectivity index (χ0n) is 7.93. The van der Waals surface area contributed by atoms with Crippen LogP contribution in [0.1, 0.15) is 33.6 Å². The van der Waals surface area contributed by atoms with Crippen molar-refractivity contribution >= 4 is 0 Å². The maximum atomic E-state index is 3.97. The summed E-state index contributed by atoms with van der Waals surface area (Å²) >= 11 is 0. The Hall–Kier alpha value is -0.720. The van der Waals surface area contributed by atoms with E-state index in [1.807, 2.05) is 0 Å². The number of hydrogen-bond acceptors (Lipinski definition) is 1. The summed E-state index contributed by atoms with van der Waals surface area (Å²) in [6.45, 7) is 11.4. The second-order valence-electron chi connectivity index (χ2n) is 2.50. The van der Waals surface area contributed by atoms with Gasteiger partial charge in [-0.25, -0.2) is 0 Å². The molecule has 0 amide bonds. The van der Waals surface area contributed by atoms with Crippen LogP contribution < -0.4 is 0 Å². The summed E-state index contributed by atoms with van der Waals surface area (Å²) in [6, 6.07) is 0. The van der Waals surface area contributed by atoms with Gasteiger partial charge in [-0.3, -0.25) is 0 Å². The third-order valence-electron chi connectivity index (χ3n) is 1.68. The summed E-state index contributed by atoms with van der Waals surface area (Å²) in [5.41, 5.74) is 1.19. The van der Waals surface area contributed by atoms with Crippen LogP contribution in [0.25, 0.3) is 0 Å². The van der Waals surface area contributed by atoms with Gasteiger partial charge in [0.2, 0.25) is 0 Å². The monoisotopic (exact) mass is 153 g/mol. The van der Waals surface area contributed by atoms with Crippen molar-refractivity contribution in [1.82, 2.24) is 4.90 Å². The first-order valence-corrected chi connectivity index (χ1v) is 4.37. The number of nitrogens with zero attached hydrogens (tertiary/aromatic N) is 1. The molecule has 64 valence electrons. The lowest BCUT2D eigenvalue weighted by atomic mass is 10.3. The zero-order chi connectivity index (χ0) is 8.69. The van der Waals surface area contributed by atoms with Gasteiger partial charge in [-0.15, -0.1) is 0 Å². The van der Waals surface area contributed by atoms with Crippen LogP contribution in [0.2, 0.25) is 0 Å². The van der Waals surface area contributed by atoms with Crippen molar-refractivity contribution in [2.75, 3.05) is 6.54 Å². The first-order valence-electron chi connectivity index (χ1n) is 4.37. The van der Waals surface area contributed by atoms with Crippen molar-refractivity contribution in [3.05, 3.63) is 24.6 Å². The molecule has 0 unspecified atom stereocenters. The van der Waals surface area contributed by atoms with Crippen LogP contribution in [0.3, 0.4) is 0 Å². The van der Waals surface area contributed by atoms with Crippen LogP contribution >= 0.6 is 0 Å². The molecule has 11 heavy (non-hydrogen) atoms. The highest BCUT2D eigenvalue weighted by Crippen LogP contribution is 2.05. The van der Waals surface area contributed by atoms with E-state index >= 15 is 0 Å². The highest BCUT2D eigenvalue weighted by atomic mass is 15.1.